The number of hydrogen-bond acceptors (Lipinski definition) is 6. The number of carbonyl (C=O) groups excluding carboxylic acids is 1. The molecule has 1 heterocycles. The Hall–Kier alpha value is -2.13. The van der Waals surface area contributed by atoms with Gasteiger partial charge in [-0.15, -0.1) is 0 Å². The van der Waals surface area contributed by atoms with Crippen LogP contribution in [-0.2, 0) is 20.8 Å². The molecule has 1 amide bonds. The highest BCUT2D eigenvalue weighted by Crippen LogP contribution is 2.34. The first-order chi connectivity index (χ1) is 22.2. The lowest BCUT2D eigenvalue weighted by atomic mass is 9.81. The molecule has 5 atom stereocenters. The van der Waals surface area contributed by atoms with Gasteiger partial charge in [0.05, 0.1) is 17.9 Å². The fourth-order valence-corrected chi connectivity index (χ4v) is 7.54. The highest BCUT2D eigenvalue weighted by atomic mass is 32.2. The molecule has 9 heteroatoms. The van der Waals surface area contributed by atoms with Crippen molar-refractivity contribution in [1.29, 1.82) is 0 Å². The van der Waals surface area contributed by atoms with Gasteiger partial charge in [-0.3, -0.25) is 19.4 Å². The number of thioether (sulfide) groups is 1. The van der Waals surface area contributed by atoms with Crippen molar-refractivity contribution >= 4 is 29.6 Å². The number of aromatic nitrogens is 1. The lowest BCUT2D eigenvalue weighted by Crippen LogP contribution is -2.43. The molecule has 3 unspecified atom stereocenters. The van der Waals surface area contributed by atoms with E-state index in [1.165, 1.54) is 69.5 Å². The van der Waals surface area contributed by atoms with Crippen LogP contribution in [0.1, 0.15) is 142 Å². The van der Waals surface area contributed by atoms with Gasteiger partial charge in [-0.2, -0.15) is 11.8 Å². The average molecular weight is 664 g/mol. The topological polar surface area (TPSA) is 143 Å². The molecule has 1 aromatic heterocycles. The fraction of sp³-hybridized carbons (Fsp3) is 0.784. The van der Waals surface area contributed by atoms with E-state index in [0.717, 1.165) is 44.1 Å². The Morgan fingerprint density at radius 1 is 0.826 bits per heavy atom. The van der Waals surface area contributed by atoms with Crippen LogP contribution in [0.2, 0.25) is 0 Å². The Bertz CT molecular complexity index is 935. The molecule has 0 radical (unpaired) electrons. The average Bonchev–Trinajstić information content (AvgIpc) is 3.03. The first-order valence-corrected chi connectivity index (χ1v) is 19.2. The third-order valence-electron chi connectivity index (χ3n) is 9.12. The highest BCUT2D eigenvalue weighted by Gasteiger charge is 2.34. The highest BCUT2D eigenvalue weighted by molar-refractivity contribution is 8.00. The predicted molar refractivity (Wildman–Crippen MR) is 191 cm³/mol. The van der Waals surface area contributed by atoms with Crippen LogP contribution >= 0.6 is 11.8 Å². The molecule has 1 aromatic rings. The number of nitrogens with zero attached hydrogens (tertiary/aromatic N) is 1. The molecule has 8 nitrogen and oxygen atoms in total. The van der Waals surface area contributed by atoms with Crippen molar-refractivity contribution in [1.82, 2.24) is 10.3 Å². The molecular formula is C37H65N3O5S. The van der Waals surface area contributed by atoms with Crippen LogP contribution in [0.4, 0.5) is 0 Å². The maximum absolute atomic E-state index is 12.7. The maximum atomic E-state index is 12.7. The minimum Gasteiger partial charge on any atom is -0.481 e. The van der Waals surface area contributed by atoms with Gasteiger partial charge in [0.1, 0.15) is 0 Å². The zero-order chi connectivity index (χ0) is 34.0. The maximum Gasteiger partial charge on any atom is 0.307 e. The standard InChI is InChI=1S/C37H65N3O5S/c1-4-6-8-10-12-14-15-17-21-31(36(42)43)29(3)26-32(37(44)45)34(22-18-16-13-11-9-7-5-2)46-28-33(38)35(41)40-25-23-30-20-19-24-39-27-30/h19-20,24,27,29,31-34H,4-18,21-23,25-26,28,38H2,1-3H3,(H,40,41)(H,42,43)(H,44,45)/t29?,31-,32?,33+,34?/m1/s1. The van der Waals surface area contributed by atoms with Crippen LogP contribution in [0.3, 0.4) is 0 Å². The summed E-state index contributed by atoms with van der Waals surface area (Å²) in [5.41, 5.74) is 7.30. The van der Waals surface area contributed by atoms with Crippen LogP contribution in [0.25, 0.3) is 0 Å². The van der Waals surface area contributed by atoms with Gasteiger partial charge in [-0.25, -0.2) is 0 Å². The van der Waals surface area contributed by atoms with E-state index in [2.05, 4.69) is 24.1 Å². The molecule has 0 saturated heterocycles. The van der Waals surface area contributed by atoms with Crippen molar-refractivity contribution in [3.8, 4) is 0 Å². The summed E-state index contributed by atoms with van der Waals surface area (Å²) in [6, 6.07) is 3.07. The zero-order valence-corrected chi connectivity index (χ0v) is 29.9. The molecule has 264 valence electrons. The Morgan fingerprint density at radius 2 is 1.37 bits per heavy atom. The summed E-state index contributed by atoms with van der Waals surface area (Å²) in [6.07, 6.45) is 22.9. The third-order valence-corrected chi connectivity index (χ3v) is 10.7. The summed E-state index contributed by atoms with van der Waals surface area (Å²) >= 11 is 1.47. The summed E-state index contributed by atoms with van der Waals surface area (Å²) in [4.78, 5) is 41.8. The van der Waals surface area contributed by atoms with Gasteiger partial charge in [-0.05, 0) is 43.2 Å². The van der Waals surface area contributed by atoms with Crippen molar-refractivity contribution in [3.05, 3.63) is 30.1 Å². The number of amides is 1. The van der Waals surface area contributed by atoms with Gasteiger partial charge in [0, 0.05) is 29.9 Å². The second-order valence-corrected chi connectivity index (χ2v) is 14.4. The molecule has 0 aliphatic rings. The Balaban J connectivity index is 2.77. The molecule has 1 rings (SSSR count). The first-order valence-electron chi connectivity index (χ1n) is 18.2. The number of carboxylic acid groups (broad SMARTS) is 2. The molecular weight excluding hydrogens is 598 g/mol. The van der Waals surface area contributed by atoms with Crippen molar-refractivity contribution < 1.29 is 24.6 Å². The van der Waals surface area contributed by atoms with Gasteiger partial charge in [0.25, 0.3) is 0 Å². The minimum absolute atomic E-state index is 0.234. The number of aliphatic carboxylic acids is 2. The smallest absolute Gasteiger partial charge is 0.307 e. The van der Waals surface area contributed by atoms with Crippen molar-refractivity contribution in [2.24, 2.45) is 23.5 Å². The van der Waals surface area contributed by atoms with E-state index in [1.807, 2.05) is 19.1 Å². The molecule has 0 saturated carbocycles. The molecule has 0 aliphatic carbocycles. The molecule has 0 aromatic carbocycles. The number of carboxylic acids is 2. The van der Waals surface area contributed by atoms with E-state index < -0.39 is 29.8 Å². The largest absolute Gasteiger partial charge is 0.481 e. The van der Waals surface area contributed by atoms with E-state index in [4.69, 9.17) is 5.73 Å². The van der Waals surface area contributed by atoms with Gasteiger partial charge >= 0.3 is 11.9 Å². The van der Waals surface area contributed by atoms with Gasteiger partial charge in [-0.1, -0.05) is 123 Å². The summed E-state index contributed by atoms with van der Waals surface area (Å²) in [6.45, 7) is 6.76. The predicted octanol–water partition coefficient (Wildman–Crippen LogP) is 8.27. The van der Waals surface area contributed by atoms with Crippen LogP contribution in [0.15, 0.2) is 24.5 Å². The van der Waals surface area contributed by atoms with Crippen LogP contribution in [0, 0.1) is 17.8 Å². The number of rotatable bonds is 30. The third kappa shape index (κ3) is 19.5. The van der Waals surface area contributed by atoms with Crippen LogP contribution in [0.5, 0.6) is 0 Å². The lowest BCUT2D eigenvalue weighted by molar-refractivity contribution is -0.147. The SMILES string of the molecule is CCCCCCCCCC[C@@H](C(=O)O)C(C)CC(C(=O)O)C(CCCCCCCCC)SC[C@H](N)C(=O)NCCc1cccnc1. The zero-order valence-electron chi connectivity index (χ0n) is 29.1. The number of nitrogens with one attached hydrogen (secondary N) is 1. The number of pyridine rings is 1. The first kappa shape index (κ1) is 41.9. The summed E-state index contributed by atoms with van der Waals surface area (Å²) < 4.78 is 0. The Kier molecular flexibility index (Phi) is 24.5. The molecule has 5 N–H and O–H groups in total. The van der Waals surface area contributed by atoms with E-state index in [0.29, 0.717) is 38.0 Å². The normalized spacial score (nSPS) is 14.7. The summed E-state index contributed by atoms with van der Waals surface area (Å²) in [5.74, 6) is -3.16. The molecule has 0 spiro atoms. The van der Waals surface area contributed by atoms with Crippen molar-refractivity contribution in [2.45, 2.75) is 154 Å². The van der Waals surface area contributed by atoms with E-state index in [1.54, 1.807) is 12.4 Å². The van der Waals surface area contributed by atoms with Gasteiger partial charge < -0.3 is 21.3 Å². The molecule has 46 heavy (non-hydrogen) atoms. The van der Waals surface area contributed by atoms with E-state index in [9.17, 15) is 24.6 Å². The van der Waals surface area contributed by atoms with Crippen molar-refractivity contribution in [3.63, 3.8) is 0 Å². The quantitative estimate of drug-likeness (QED) is 0.0603. The second kappa shape index (κ2) is 26.9. The fourth-order valence-electron chi connectivity index (χ4n) is 6.14. The Labute approximate surface area is 283 Å². The molecule has 0 bridgehead atoms. The molecule has 0 fully saturated rings. The summed E-state index contributed by atoms with van der Waals surface area (Å²) in [7, 11) is 0. The second-order valence-electron chi connectivity index (χ2n) is 13.2. The van der Waals surface area contributed by atoms with Gasteiger partial charge in [0.15, 0.2) is 0 Å². The molecule has 0 aliphatic heterocycles. The minimum atomic E-state index is -0.891. The monoisotopic (exact) mass is 663 g/mol. The lowest BCUT2D eigenvalue weighted by Gasteiger charge is -2.29. The number of nitrogens with two attached hydrogens (primary N) is 1. The van der Waals surface area contributed by atoms with Crippen LogP contribution < -0.4 is 11.1 Å². The summed E-state index contributed by atoms with van der Waals surface area (Å²) in [5, 5.41) is 23.1. The number of unbranched alkanes of at least 4 members (excludes halogenated alkanes) is 13. The van der Waals surface area contributed by atoms with E-state index in [-0.39, 0.29) is 17.1 Å². The van der Waals surface area contributed by atoms with Crippen LogP contribution in [-0.4, -0.2) is 56.6 Å². The van der Waals surface area contributed by atoms with E-state index >= 15 is 0 Å². The van der Waals surface area contributed by atoms with Gasteiger partial charge in [0.2, 0.25) is 5.91 Å². The Morgan fingerprint density at radius 3 is 1.89 bits per heavy atom. The number of carbonyl (C=O) groups is 3. The van der Waals surface area contributed by atoms with Crippen molar-refractivity contribution in [2.75, 3.05) is 12.3 Å². The number of hydrogen-bond donors (Lipinski definition) is 4.